The van der Waals surface area contributed by atoms with Crippen LogP contribution in [0.3, 0.4) is 0 Å². The zero-order valence-electron chi connectivity index (χ0n) is 16.8. The first-order chi connectivity index (χ1) is 13.8. The Morgan fingerprint density at radius 3 is 2.39 bits per heavy atom. The van der Waals surface area contributed by atoms with Crippen molar-refractivity contribution in [2.75, 3.05) is 57.8 Å². The van der Waals surface area contributed by atoms with Crippen LogP contribution < -0.4 is 10.2 Å². The molecule has 0 bridgehead atoms. The molecule has 6 nitrogen and oxygen atoms in total. The summed E-state index contributed by atoms with van der Waals surface area (Å²) in [6.07, 6.45) is 4.32. The lowest BCUT2D eigenvalue weighted by molar-refractivity contribution is 0.213. The molecule has 2 aliphatic rings. The molecule has 0 radical (unpaired) electrons. The summed E-state index contributed by atoms with van der Waals surface area (Å²) >= 11 is 0. The first-order valence-electron chi connectivity index (χ1n) is 10.4. The summed E-state index contributed by atoms with van der Waals surface area (Å²) in [5.74, 6) is 2.03. The summed E-state index contributed by atoms with van der Waals surface area (Å²) in [4.78, 5) is 11.9. The summed E-state index contributed by atoms with van der Waals surface area (Å²) in [6.45, 7) is 7.08. The molecule has 1 aromatic heterocycles. The predicted octanol–water partition coefficient (Wildman–Crippen LogP) is 2.81. The van der Waals surface area contributed by atoms with Gasteiger partial charge in [-0.3, -0.25) is 9.89 Å². The maximum absolute atomic E-state index is 5.74. The van der Waals surface area contributed by atoms with Crippen LogP contribution in [0.15, 0.2) is 58.1 Å². The molecule has 2 fully saturated rings. The van der Waals surface area contributed by atoms with E-state index in [1.54, 1.807) is 6.26 Å². The van der Waals surface area contributed by atoms with Gasteiger partial charge in [0.05, 0.1) is 12.3 Å². The molecule has 1 unspecified atom stereocenters. The van der Waals surface area contributed by atoms with Gasteiger partial charge < -0.3 is 19.5 Å². The van der Waals surface area contributed by atoms with E-state index in [1.165, 1.54) is 18.5 Å². The van der Waals surface area contributed by atoms with Gasteiger partial charge in [-0.05, 0) is 50.2 Å². The number of hydrogen-bond donors (Lipinski definition) is 1. The molecule has 28 heavy (non-hydrogen) atoms. The van der Waals surface area contributed by atoms with E-state index in [1.807, 2.05) is 13.1 Å². The smallest absolute Gasteiger partial charge is 0.193 e. The number of anilines is 1. The van der Waals surface area contributed by atoms with Crippen molar-refractivity contribution in [2.24, 2.45) is 4.99 Å². The Morgan fingerprint density at radius 2 is 1.75 bits per heavy atom. The number of rotatable bonds is 5. The lowest BCUT2D eigenvalue weighted by Crippen LogP contribution is -2.53. The summed E-state index contributed by atoms with van der Waals surface area (Å²) in [5, 5.41) is 3.61. The van der Waals surface area contributed by atoms with Gasteiger partial charge in [0, 0.05) is 45.5 Å². The average molecular weight is 382 g/mol. The molecule has 1 N–H and O–H groups in total. The minimum Gasteiger partial charge on any atom is -0.468 e. The van der Waals surface area contributed by atoms with Crippen molar-refractivity contribution in [1.29, 1.82) is 0 Å². The molecule has 0 amide bonds. The third kappa shape index (κ3) is 4.33. The Hall–Kier alpha value is -2.47. The number of likely N-dealkylation sites (tertiary alicyclic amines) is 1. The van der Waals surface area contributed by atoms with E-state index in [2.05, 4.69) is 61.4 Å². The van der Waals surface area contributed by atoms with E-state index < -0.39 is 0 Å². The van der Waals surface area contributed by atoms with Gasteiger partial charge in [-0.15, -0.1) is 0 Å². The quantitative estimate of drug-likeness (QED) is 0.637. The third-order valence-electron chi connectivity index (χ3n) is 5.82. The number of hydrogen-bond acceptors (Lipinski definition) is 4. The van der Waals surface area contributed by atoms with E-state index in [0.29, 0.717) is 0 Å². The number of furan rings is 1. The maximum Gasteiger partial charge on any atom is 0.193 e. The standard InChI is InChI=1S/C22H31N5O/c1-23-22(27-15-13-25(14-16-27)19-8-3-2-4-9-19)24-18-20(21-10-7-17-28-21)26-11-5-6-12-26/h2-4,7-10,17,20H,5-6,11-16,18H2,1H3,(H,23,24). The van der Waals surface area contributed by atoms with Crippen LogP contribution in [0.2, 0.25) is 0 Å². The Bertz CT molecular complexity index is 732. The van der Waals surface area contributed by atoms with E-state index >= 15 is 0 Å². The van der Waals surface area contributed by atoms with Crippen LogP contribution in [-0.2, 0) is 0 Å². The highest BCUT2D eigenvalue weighted by molar-refractivity contribution is 5.80. The molecule has 3 heterocycles. The normalized spacial score (nSPS) is 19.8. The van der Waals surface area contributed by atoms with E-state index in [9.17, 15) is 0 Å². The van der Waals surface area contributed by atoms with Gasteiger partial charge in [0.2, 0.25) is 0 Å². The van der Waals surface area contributed by atoms with Gasteiger partial charge in [0.15, 0.2) is 5.96 Å². The summed E-state index contributed by atoms with van der Waals surface area (Å²) in [5.41, 5.74) is 1.30. The monoisotopic (exact) mass is 381 g/mol. The van der Waals surface area contributed by atoms with Crippen LogP contribution in [-0.4, -0.2) is 68.6 Å². The Labute approximate surface area is 167 Å². The number of benzene rings is 1. The third-order valence-corrected chi connectivity index (χ3v) is 5.82. The van der Waals surface area contributed by atoms with Crippen LogP contribution in [0.1, 0.15) is 24.6 Å². The zero-order valence-corrected chi connectivity index (χ0v) is 16.8. The highest BCUT2D eigenvalue weighted by Gasteiger charge is 2.27. The van der Waals surface area contributed by atoms with Gasteiger partial charge in [-0.2, -0.15) is 0 Å². The zero-order chi connectivity index (χ0) is 19.2. The number of guanidine groups is 1. The van der Waals surface area contributed by atoms with Gasteiger partial charge in [0.1, 0.15) is 5.76 Å². The molecule has 0 spiro atoms. The molecule has 4 rings (SSSR count). The largest absolute Gasteiger partial charge is 0.468 e. The molecular formula is C22H31N5O. The van der Waals surface area contributed by atoms with Crippen molar-refractivity contribution in [3.8, 4) is 0 Å². The molecule has 6 heteroatoms. The van der Waals surface area contributed by atoms with Crippen LogP contribution >= 0.6 is 0 Å². The highest BCUT2D eigenvalue weighted by Crippen LogP contribution is 2.25. The molecular weight excluding hydrogens is 350 g/mol. The topological polar surface area (TPSA) is 47.3 Å². The fourth-order valence-corrected chi connectivity index (χ4v) is 4.28. The molecule has 2 aliphatic heterocycles. The average Bonchev–Trinajstić information content (AvgIpc) is 3.47. The summed E-state index contributed by atoms with van der Waals surface area (Å²) < 4.78 is 5.74. The molecule has 2 aromatic rings. The van der Waals surface area contributed by atoms with Crippen molar-refractivity contribution in [2.45, 2.75) is 18.9 Å². The predicted molar refractivity (Wildman–Crippen MR) is 114 cm³/mol. The van der Waals surface area contributed by atoms with Crippen molar-refractivity contribution < 1.29 is 4.42 Å². The Kier molecular flexibility index (Phi) is 6.17. The van der Waals surface area contributed by atoms with Crippen LogP contribution in [0.4, 0.5) is 5.69 Å². The molecule has 2 saturated heterocycles. The lowest BCUT2D eigenvalue weighted by Gasteiger charge is -2.38. The minimum atomic E-state index is 0.264. The van der Waals surface area contributed by atoms with E-state index in [0.717, 1.165) is 57.5 Å². The number of piperazine rings is 1. The summed E-state index contributed by atoms with van der Waals surface area (Å²) in [7, 11) is 1.88. The SMILES string of the molecule is CN=C(NCC(c1ccco1)N1CCCC1)N1CCN(c2ccccc2)CC1. The first-order valence-corrected chi connectivity index (χ1v) is 10.4. The number of para-hydroxylation sites is 1. The number of nitrogens with zero attached hydrogens (tertiary/aromatic N) is 4. The molecule has 0 saturated carbocycles. The van der Waals surface area contributed by atoms with Crippen LogP contribution in [0.5, 0.6) is 0 Å². The highest BCUT2D eigenvalue weighted by atomic mass is 16.3. The number of aliphatic imine (C=N–C) groups is 1. The fourth-order valence-electron chi connectivity index (χ4n) is 4.28. The van der Waals surface area contributed by atoms with Crippen molar-refractivity contribution in [3.05, 3.63) is 54.5 Å². The lowest BCUT2D eigenvalue weighted by atomic mass is 10.2. The van der Waals surface area contributed by atoms with Gasteiger partial charge >= 0.3 is 0 Å². The van der Waals surface area contributed by atoms with Gasteiger partial charge in [-0.25, -0.2) is 0 Å². The van der Waals surface area contributed by atoms with Crippen LogP contribution in [0.25, 0.3) is 0 Å². The van der Waals surface area contributed by atoms with Crippen LogP contribution in [0, 0.1) is 0 Å². The second-order valence-corrected chi connectivity index (χ2v) is 7.51. The second kappa shape index (κ2) is 9.15. The van der Waals surface area contributed by atoms with E-state index in [-0.39, 0.29) is 6.04 Å². The number of nitrogens with one attached hydrogen (secondary N) is 1. The molecule has 1 aromatic carbocycles. The van der Waals surface area contributed by atoms with Crippen molar-refractivity contribution in [1.82, 2.24) is 15.1 Å². The Morgan fingerprint density at radius 1 is 1.00 bits per heavy atom. The van der Waals surface area contributed by atoms with Crippen molar-refractivity contribution >= 4 is 11.6 Å². The van der Waals surface area contributed by atoms with E-state index in [4.69, 9.17) is 4.42 Å². The molecule has 1 atom stereocenters. The van der Waals surface area contributed by atoms with Gasteiger partial charge in [-0.1, -0.05) is 18.2 Å². The Balaban J connectivity index is 1.34. The fraction of sp³-hybridized carbons (Fsp3) is 0.500. The molecule has 150 valence electrons. The molecule has 0 aliphatic carbocycles. The second-order valence-electron chi connectivity index (χ2n) is 7.51. The minimum absolute atomic E-state index is 0.264. The first kappa shape index (κ1) is 18.9. The summed E-state index contributed by atoms with van der Waals surface area (Å²) in [6, 6.07) is 15.0. The van der Waals surface area contributed by atoms with Crippen molar-refractivity contribution in [3.63, 3.8) is 0 Å². The van der Waals surface area contributed by atoms with Gasteiger partial charge in [0.25, 0.3) is 0 Å². The maximum atomic E-state index is 5.74.